The molecule has 1 unspecified atom stereocenters. The van der Waals surface area contributed by atoms with Crippen LogP contribution in [-0.2, 0) is 17.6 Å². The molecular formula is C17H16Cl2O2. The van der Waals surface area contributed by atoms with E-state index in [9.17, 15) is 9.90 Å². The SMILES string of the molecule is CCc1ccc(C(Cc2ccc(Cl)c(Cl)c2)C(=O)O)cc1. The average molecular weight is 323 g/mol. The quantitative estimate of drug-likeness (QED) is 0.844. The lowest BCUT2D eigenvalue weighted by Gasteiger charge is -2.14. The van der Waals surface area contributed by atoms with Gasteiger partial charge in [-0.1, -0.05) is 60.5 Å². The molecule has 0 radical (unpaired) electrons. The highest BCUT2D eigenvalue weighted by Crippen LogP contribution is 2.27. The molecule has 2 aromatic rings. The van der Waals surface area contributed by atoms with Crippen molar-refractivity contribution in [3.63, 3.8) is 0 Å². The van der Waals surface area contributed by atoms with Gasteiger partial charge in [-0.25, -0.2) is 0 Å². The first-order chi connectivity index (χ1) is 10.0. The summed E-state index contributed by atoms with van der Waals surface area (Å²) in [4.78, 5) is 11.6. The van der Waals surface area contributed by atoms with Crippen LogP contribution in [-0.4, -0.2) is 11.1 Å². The Morgan fingerprint density at radius 1 is 1.05 bits per heavy atom. The van der Waals surface area contributed by atoms with Gasteiger partial charge in [0.2, 0.25) is 0 Å². The number of rotatable bonds is 5. The number of aliphatic carboxylic acids is 1. The predicted octanol–water partition coefficient (Wildman–Crippen LogP) is 4.97. The van der Waals surface area contributed by atoms with E-state index in [4.69, 9.17) is 23.2 Å². The monoisotopic (exact) mass is 322 g/mol. The van der Waals surface area contributed by atoms with Crippen molar-refractivity contribution in [3.8, 4) is 0 Å². The van der Waals surface area contributed by atoms with Crippen molar-refractivity contribution in [1.82, 2.24) is 0 Å². The summed E-state index contributed by atoms with van der Waals surface area (Å²) in [6, 6.07) is 12.9. The Morgan fingerprint density at radius 3 is 2.19 bits per heavy atom. The molecule has 0 aliphatic carbocycles. The second-order valence-corrected chi connectivity index (χ2v) is 5.75. The van der Waals surface area contributed by atoms with E-state index in [1.807, 2.05) is 30.3 Å². The van der Waals surface area contributed by atoms with Crippen LogP contribution in [0.5, 0.6) is 0 Å². The summed E-state index contributed by atoms with van der Waals surface area (Å²) in [5, 5.41) is 10.4. The fourth-order valence-corrected chi connectivity index (χ4v) is 2.56. The third-order valence-corrected chi connectivity index (χ3v) is 4.25. The lowest BCUT2D eigenvalue weighted by Crippen LogP contribution is -2.14. The molecular weight excluding hydrogens is 307 g/mol. The van der Waals surface area contributed by atoms with Crippen LogP contribution in [0.3, 0.4) is 0 Å². The summed E-state index contributed by atoms with van der Waals surface area (Å²) in [6.07, 6.45) is 1.32. The van der Waals surface area contributed by atoms with E-state index in [0.29, 0.717) is 16.5 Å². The van der Waals surface area contributed by atoms with E-state index in [0.717, 1.165) is 17.5 Å². The Kier molecular flexibility index (Phi) is 5.27. The number of hydrogen-bond acceptors (Lipinski definition) is 1. The van der Waals surface area contributed by atoms with Crippen LogP contribution in [0.25, 0.3) is 0 Å². The largest absolute Gasteiger partial charge is 0.481 e. The maximum absolute atomic E-state index is 11.6. The van der Waals surface area contributed by atoms with Crippen LogP contribution >= 0.6 is 23.2 Å². The first kappa shape index (κ1) is 15.9. The van der Waals surface area contributed by atoms with Crippen LogP contribution in [0, 0.1) is 0 Å². The van der Waals surface area contributed by atoms with Gasteiger partial charge < -0.3 is 5.11 Å². The molecule has 1 atom stereocenters. The van der Waals surface area contributed by atoms with Crippen molar-refractivity contribution in [2.75, 3.05) is 0 Å². The zero-order chi connectivity index (χ0) is 15.4. The summed E-state index contributed by atoms with van der Waals surface area (Å²) in [7, 11) is 0. The topological polar surface area (TPSA) is 37.3 Å². The van der Waals surface area contributed by atoms with Crippen LogP contribution in [0.4, 0.5) is 0 Å². The Hall–Kier alpha value is -1.51. The summed E-state index contributed by atoms with van der Waals surface area (Å²) < 4.78 is 0. The average Bonchev–Trinajstić information content (AvgIpc) is 2.48. The first-order valence-electron chi connectivity index (χ1n) is 6.76. The molecule has 2 aromatic carbocycles. The van der Waals surface area contributed by atoms with Crippen LogP contribution in [0.1, 0.15) is 29.5 Å². The number of carboxylic acids is 1. The molecule has 1 N–H and O–H groups in total. The maximum Gasteiger partial charge on any atom is 0.311 e. The van der Waals surface area contributed by atoms with Crippen molar-refractivity contribution in [2.45, 2.75) is 25.7 Å². The third kappa shape index (κ3) is 3.99. The molecule has 0 saturated carbocycles. The van der Waals surface area contributed by atoms with E-state index in [1.165, 1.54) is 5.56 Å². The highest BCUT2D eigenvalue weighted by Gasteiger charge is 2.20. The van der Waals surface area contributed by atoms with Crippen molar-refractivity contribution in [3.05, 3.63) is 69.2 Å². The lowest BCUT2D eigenvalue weighted by atomic mass is 9.91. The fraction of sp³-hybridized carbons (Fsp3) is 0.235. The molecule has 2 nitrogen and oxygen atoms in total. The van der Waals surface area contributed by atoms with Gasteiger partial charge in [-0.15, -0.1) is 0 Å². The summed E-state index contributed by atoms with van der Waals surface area (Å²) in [6.45, 7) is 2.07. The summed E-state index contributed by atoms with van der Waals surface area (Å²) in [5.41, 5.74) is 2.85. The van der Waals surface area contributed by atoms with Gasteiger partial charge in [-0.05, 0) is 41.7 Å². The van der Waals surface area contributed by atoms with Crippen molar-refractivity contribution in [1.29, 1.82) is 0 Å². The first-order valence-corrected chi connectivity index (χ1v) is 7.52. The minimum absolute atomic E-state index is 0.387. The highest BCUT2D eigenvalue weighted by molar-refractivity contribution is 6.42. The minimum atomic E-state index is -0.842. The smallest absolute Gasteiger partial charge is 0.311 e. The van der Waals surface area contributed by atoms with Crippen molar-refractivity contribution < 1.29 is 9.90 Å². The number of carboxylic acid groups (broad SMARTS) is 1. The molecule has 0 aromatic heterocycles. The zero-order valence-corrected chi connectivity index (χ0v) is 13.2. The second-order valence-electron chi connectivity index (χ2n) is 4.94. The Labute approximate surface area is 134 Å². The van der Waals surface area contributed by atoms with E-state index in [1.54, 1.807) is 12.1 Å². The van der Waals surface area contributed by atoms with Crippen LogP contribution < -0.4 is 0 Å². The predicted molar refractivity (Wildman–Crippen MR) is 86.4 cm³/mol. The normalized spacial score (nSPS) is 12.1. The van der Waals surface area contributed by atoms with Crippen molar-refractivity contribution in [2.24, 2.45) is 0 Å². The standard InChI is InChI=1S/C17H16Cl2O2/c1-2-11-3-6-13(7-4-11)14(17(20)21)9-12-5-8-15(18)16(19)10-12/h3-8,10,14H,2,9H2,1H3,(H,20,21). The molecule has 0 saturated heterocycles. The third-order valence-electron chi connectivity index (χ3n) is 3.51. The van der Waals surface area contributed by atoms with Crippen LogP contribution in [0.2, 0.25) is 10.0 Å². The molecule has 0 aliphatic heterocycles. The second kappa shape index (κ2) is 6.97. The zero-order valence-electron chi connectivity index (χ0n) is 11.6. The molecule has 4 heteroatoms. The number of hydrogen-bond donors (Lipinski definition) is 1. The lowest BCUT2D eigenvalue weighted by molar-refractivity contribution is -0.138. The molecule has 0 aliphatic rings. The van der Waals surface area contributed by atoms with Gasteiger partial charge in [-0.3, -0.25) is 4.79 Å². The molecule has 0 fully saturated rings. The number of halogens is 2. The van der Waals surface area contributed by atoms with Gasteiger partial charge in [0.1, 0.15) is 0 Å². The van der Waals surface area contributed by atoms with Gasteiger partial charge in [0.05, 0.1) is 16.0 Å². The maximum atomic E-state index is 11.6. The molecule has 0 amide bonds. The molecule has 2 rings (SSSR count). The van der Waals surface area contributed by atoms with Gasteiger partial charge in [0, 0.05) is 0 Å². The molecule has 110 valence electrons. The van der Waals surface area contributed by atoms with Gasteiger partial charge in [0.25, 0.3) is 0 Å². The number of carbonyl (C=O) groups is 1. The Morgan fingerprint density at radius 2 is 1.67 bits per heavy atom. The van der Waals surface area contributed by atoms with E-state index in [-0.39, 0.29) is 0 Å². The van der Waals surface area contributed by atoms with Gasteiger partial charge in [0.15, 0.2) is 0 Å². The molecule has 0 bridgehead atoms. The minimum Gasteiger partial charge on any atom is -0.481 e. The summed E-state index contributed by atoms with van der Waals surface area (Å²) in [5.74, 6) is -1.43. The number of benzene rings is 2. The fourth-order valence-electron chi connectivity index (χ4n) is 2.24. The van der Waals surface area contributed by atoms with Crippen molar-refractivity contribution >= 4 is 29.2 Å². The highest BCUT2D eigenvalue weighted by atomic mass is 35.5. The molecule has 21 heavy (non-hydrogen) atoms. The van der Waals surface area contributed by atoms with Gasteiger partial charge in [-0.2, -0.15) is 0 Å². The van der Waals surface area contributed by atoms with Crippen LogP contribution in [0.15, 0.2) is 42.5 Å². The molecule has 0 spiro atoms. The van der Waals surface area contributed by atoms with E-state index < -0.39 is 11.9 Å². The molecule has 0 heterocycles. The number of aryl methyl sites for hydroxylation is 1. The van der Waals surface area contributed by atoms with Gasteiger partial charge >= 0.3 is 5.97 Å². The Balaban J connectivity index is 2.26. The van der Waals surface area contributed by atoms with E-state index in [2.05, 4.69) is 6.92 Å². The summed E-state index contributed by atoms with van der Waals surface area (Å²) >= 11 is 11.9. The Bertz CT molecular complexity index is 636. The van der Waals surface area contributed by atoms with E-state index >= 15 is 0 Å².